The van der Waals surface area contributed by atoms with Crippen LogP contribution < -0.4 is 0 Å². The molecule has 13 aromatic rings. The third-order valence-corrected chi connectivity index (χ3v) is 12.2. The van der Waals surface area contributed by atoms with Crippen LogP contribution >= 0.6 is 0 Å². The highest BCUT2D eigenvalue weighted by molar-refractivity contribution is 6.28. The molecule has 0 aliphatic rings. The molecule has 0 bridgehead atoms. The van der Waals surface area contributed by atoms with E-state index < -0.39 is 0 Å². The zero-order chi connectivity index (χ0) is 39.3. The van der Waals surface area contributed by atoms with Gasteiger partial charge in [-0.25, -0.2) is 4.98 Å². The second kappa shape index (κ2) is 12.7. The summed E-state index contributed by atoms with van der Waals surface area (Å²) in [7, 11) is 0. The maximum atomic E-state index is 6.41. The molecule has 5 nitrogen and oxygen atoms in total. The Labute approximate surface area is 343 Å². The molecule has 60 heavy (non-hydrogen) atoms. The van der Waals surface area contributed by atoms with Gasteiger partial charge in [0.1, 0.15) is 11.2 Å². The summed E-state index contributed by atoms with van der Waals surface area (Å²) >= 11 is 0. The average molecular weight is 765 g/mol. The molecule has 0 saturated carbocycles. The lowest BCUT2D eigenvalue weighted by Gasteiger charge is -2.12. The van der Waals surface area contributed by atoms with Crippen LogP contribution in [0.5, 0.6) is 0 Å². The number of benzene rings is 10. The van der Waals surface area contributed by atoms with Crippen LogP contribution in [0, 0.1) is 0 Å². The summed E-state index contributed by atoms with van der Waals surface area (Å²) in [4.78, 5) is 15.9. The summed E-state index contributed by atoms with van der Waals surface area (Å²) < 4.78 is 8.63. The van der Waals surface area contributed by atoms with Crippen molar-refractivity contribution in [3.05, 3.63) is 194 Å². The van der Waals surface area contributed by atoms with Gasteiger partial charge in [-0.15, -0.1) is 0 Å². The Hall–Kier alpha value is -8.15. The van der Waals surface area contributed by atoms with Gasteiger partial charge in [-0.2, -0.15) is 9.97 Å². The molecule has 0 atom stereocenters. The van der Waals surface area contributed by atoms with Crippen molar-refractivity contribution in [2.24, 2.45) is 0 Å². The number of nitrogens with zero attached hydrogens (tertiary/aromatic N) is 4. The van der Waals surface area contributed by atoms with Crippen molar-refractivity contribution >= 4 is 86.8 Å². The zero-order valence-corrected chi connectivity index (χ0v) is 32.2. The lowest BCUT2D eigenvalue weighted by atomic mass is 10.00. The number of aromatic nitrogens is 4. The lowest BCUT2D eigenvalue weighted by Crippen LogP contribution is -2.06. The third kappa shape index (κ3) is 5.03. The molecule has 3 aromatic heterocycles. The number of fused-ring (bicyclic) bond motifs is 12. The third-order valence-electron chi connectivity index (χ3n) is 12.2. The van der Waals surface area contributed by atoms with E-state index >= 15 is 0 Å². The van der Waals surface area contributed by atoms with Crippen molar-refractivity contribution in [3.63, 3.8) is 0 Å². The Morgan fingerprint density at radius 3 is 1.50 bits per heavy atom. The molecule has 0 saturated heterocycles. The molecule has 0 N–H and O–H groups in total. The Balaban J connectivity index is 1.06. The Morgan fingerprint density at radius 1 is 0.317 bits per heavy atom. The van der Waals surface area contributed by atoms with Crippen LogP contribution in [0.25, 0.3) is 127 Å². The molecule has 0 unspecified atom stereocenters. The minimum absolute atomic E-state index is 0.558. The highest BCUT2D eigenvalue weighted by Gasteiger charge is 2.21. The molecule has 0 amide bonds. The maximum absolute atomic E-state index is 6.41. The fourth-order valence-corrected chi connectivity index (χ4v) is 9.27. The number of hydrogen-bond acceptors (Lipinski definition) is 4. The first kappa shape index (κ1) is 32.9. The average Bonchev–Trinajstić information content (AvgIpc) is 3.85. The Bertz CT molecular complexity index is 3800. The predicted molar refractivity (Wildman–Crippen MR) is 248 cm³/mol. The van der Waals surface area contributed by atoms with Crippen LogP contribution in [0.3, 0.4) is 0 Å². The summed E-state index contributed by atoms with van der Waals surface area (Å²) in [5.41, 5.74) is 7.84. The van der Waals surface area contributed by atoms with Crippen LogP contribution in [-0.2, 0) is 0 Å². The second-order valence-electron chi connectivity index (χ2n) is 15.6. The van der Waals surface area contributed by atoms with Crippen molar-refractivity contribution in [2.45, 2.75) is 0 Å². The van der Waals surface area contributed by atoms with Gasteiger partial charge in [0.2, 0.25) is 5.95 Å². The Kier molecular flexibility index (Phi) is 6.95. The van der Waals surface area contributed by atoms with Crippen LogP contribution in [0.1, 0.15) is 0 Å². The topological polar surface area (TPSA) is 56.7 Å². The van der Waals surface area contributed by atoms with Gasteiger partial charge < -0.3 is 4.42 Å². The van der Waals surface area contributed by atoms with E-state index in [2.05, 4.69) is 193 Å². The number of furan rings is 1. The molecule has 0 spiro atoms. The summed E-state index contributed by atoms with van der Waals surface area (Å²) in [5, 5.41) is 14.0. The van der Waals surface area contributed by atoms with Gasteiger partial charge in [-0.1, -0.05) is 146 Å². The van der Waals surface area contributed by atoms with Gasteiger partial charge in [0.25, 0.3) is 0 Å². The fourth-order valence-electron chi connectivity index (χ4n) is 9.27. The van der Waals surface area contributed by atoms with E-state index in [0.717, 1.165) is 60.6 Å². The molecule has 278 valence electrons. The first-order valence-corrected chi connectivity index (χ1v) is 20.3. The maximum Gasteiger partial charge on any atom is 0.238 e. The van der Waals surface area contributed by atoms with Crippen molar-refractivity contribution in [1.29, 1.82) is 0 Å². The van der Waals surface area contributed by atoms with Gasteiger partial charge in [0, 0.05) is 32.7 Å². The molecule has 0 aliphatic carbocycles. The number of hydrogen-bond donors (Lipinski definition) is 0. The van der Waals surface area contributed by atoms with E-state index in [1.54, 1.807) is 0 Å². The zero-order valence-electron chi connectivity index (χ0n) is 32.2. The van der Waals surface area contributed by atoms with E-state index in [-0.39, 0.29) is 0 Å². The predicted octanol–water partition coefficient (Wildman–Crippen LogP) is 14.5. The highest BCUT2D eigenvalue weighted by Crippen LogP contribution is 2.41. The van der Waals surface area contributed by atoms with E-state index in [1.165, 1.54) is 48.5 Å². The van der Waals surface area contributed by atoms with Gasteiger partial charge in [0.05, 0.1) is 11.0 Å². The van der Waals surface area contributed by atoms with Crippen LogP contribution in [0.2, 0.25) is 0 Å². The molecular formula is C55H32N4O. The minimum Gasteiger partial charge on any atom is -0.456 e. The van der Waals surface area contributed by atoms with Crippen molar-refractivity contribution < 1.29 is 4.42 Å². The molecule has 13 rings (SSSR count). The first-order valence-electron chi connectivity index (χ1n) is 20.3. The second-order valence-corrected chi connectivity index (χ2v) is 15.6. The quantitative estimate of drug-likeness (QED) is 0.179. The standard InChI is InChI=1S/C55H32N4O/c1-2-12-38-29-41(22-19-33(38)9-1)34-17-20-37(21-18-34)53-56-54(42-25-28-49-45(31-42)46-30-39-13-3-4-14-40(39)32-50(46)60-49)58-55(57-53)59-47-26-23-35-10-5-7-15-43(35)51(47)52-44-16-8-6-11-36(44)24-27-48(52)59/h1-32H. The van der Waals surface area contributed by atoms with Crippen molar-refractivity contribution in [3.8, 4) is 39.9 Å². The Morgan fingerprint density at radius 2 is 0.817 bits per heavy atom. The first-order chi connectivity index (χ1) is 29.7. The van der Waals surface area contributed by atoms with E-state index in [9.17, 15) is 0 Å². The normalized spacial score (nSPS) is 12.0. The van der Waals surface area contributed by atoms with Crippen LogP contribution in [-0.4, -0.2) is 19.5 Å². The molecular weight excluding hydrogens is 733 g/mol. The van der Waals surface area contributed by atoms with Crippen LogP contribution in [0.4, 0.5) is 0 Å². The lowest BCUT2D eigenvalue weighted by molar-refractivity contribution is 0.669. The molecule has 0 radical (unpaired) electrons. The van der Waals surface area contributed by atoms with Gasteiger partial charge in [0.15, 0.2) is 11.6 Å². The SMILES string of the molecule is c1ccc2cc(-c3ccc(-c4nc(-c5ccc6oc7cc8ccccc8cc7c6c5)nc(-n5c6ccc7ccccc7c6c6c7ccccc7ccc65)n4)cc3)ccc2c1. The molecule has 10 aromatic carbocycles. The van der Waals surface area contributed by atoms with E-state index in [0.29, 0.717) is 17.6 Å². The summed E-state index contributed by atoms with van der Waals surface area (Å²) in [6, 6.07) is 68.7. The highest BCUT2D eigenvalue weighted by atomic mass is 16.3. The molecule has 0 fully saturated rings. The van der Waals surface area contributed by atoms with Crippen molar-refractivity contribution in [1.82, 2.24) is 19.5 Å². The van der Waals surface area contributed by atoms with Crippen molar-refractivity contribution in [2.75, 3.05) is 0 Å². The summed E-state index contributed by atoms with van der Waals surface area (Å²) in [6.45, 7) is 0. The van der Waals surface area contributed by atoms with Gasteiger partial charge in [-0.3, -0.25) is 4.57 Å². The molecule has 3 heterocycles. The number of rotatable bonds is 4. The van der Waals surface area contributed by atoms with Gasteiger partial charge in [-0.05, 0) is 103 Å². The minimum atomic E-state index is 0.558. The fraction of sp³-hybridized carbons (Fsp3) is 0. The largest absolute Gasteiger partial charge is 0.456 e. The van der Waals surface area contributed by atoms with Crippen LogP contribution in [0.15, 0.2) is 199 Å². The smallest absolute Gasteiger partial charge is 0.238 e. The van der Waals surface area contributed by atoms with E-state index in [1.807, 2.05) is 6.07 Å². The molecule has 5 heteroatoms. The molecule has 0 aliphatic heterocycles. The summed E-state index contributed by atoms with van der Waals surface area (Å²) in [5.74, 6) is 1.74. The van der Waals surface area contributed by atoms with Gasteiger partial charge >= 0.3 is 0 Å². The monoisotopic (exact) mass is 764 g/mol. The summed E-state index contributed by atoms with van der Waals surface area (Å²) in [6.07, 6.45) is 0. The van der Waals surface area contributed by atoms with E-state index in [4.69, 9.17) is 19.4 Å².